The molecule has 0 bridgehead atoms. The largest absolute Gasteiger partial charge is 0.367 e. The van der Waals surface area contributed by atoms with Crippen LogP contribution in [0.2, 0.25) is 0 Å². The number of amides is 1. The van der Waals surface area contributed by atoms with Crippen LogP contribution in [0.3, 0.4) is 0 Å². The first-order valence-electron chi connectivity index (χ1n) is 5.16. The fourth-order valence-corrected chi connectivity index (χ4v) is 1.18. The highest BCUT2D eigenvalue weighted by molar-refractivity contribution is 7.80. The lowest BCUT2D eigenvalue weighted by atomic mass is 10.2. The predicted octanol–water partition coefficient (Wildman–Crippen LogP) is 1.73. The van der Waals surface area contributed by atoms with Gasteiger partial charge in [-0.3, -0.25) is 4.79 Å². The maximum Gasteiger partial charge on any atom is 0.239 e. The number of carbonyl (C=O) groups excluding carboxylic acids is 1. The van der Waals surface area contributed by atoms with Crippen LogP contribution >= 0.6 is 12.2 Å². The van der Waals surface area contributed by atoms with E-state index in [1.54, 1.807) is 6.08 Å². The minimum atomic E-state index is -0.0701. The number of rotatable bonds is 6. The molecule has 0 spiro atoms. The van der Waals surface area contributed by atoms with Crippen molar-refractivity contribution in [1.29, 1.82) is 0 Å². The van der Waals surface area contributed by atoms with Gasteiger partial charge in [0, 0.05) is 12.1 Å². The second-order valence-electron chi connectivity index (χ2n) is 2.99. The van der Waals surface area contributed by atoms with E-state index in [9.17, 15) is 4.79 Å². The fraction of sp³-hybridized carbons (Fsp3) is 0.333. The molecule has 0 heterocycles. The van der Waals surface area contributed by atoms with Crippen LogP contribution < -0.4 is 10.6 Å². The molecule has 0 aliphatic heterocycles. The standard InChI is InChI=1S/C12H18N2OS/c1-4-7-8-10(5-2)12(16)14-9-11(15)13-6-3/h4-5,7-8H,2,6,9H2,1,3H3,(H,13,15)(H,14,16)/b7-4-,10-8+. The molecule has 0 atom stereocenters. The first-order chi connectivity index (χ1) is 7.65. The van der Waals surface area contributed by atoms with Gasteiger partial charge in [-0.25, -0.2) is 0 Å². The lowest BCUT2D eigenvalue weighted by Crippen LogP contribution is -2.36. The summed E-state index contributed by atoms with van der Waals surface area (Å²) in [6.07, 6.45) is 7.28. The Morgan fingerprint density at radius 2 is 2.12 bits per heavy atom. The maximum absolute atomic E-state index is 11.2. The van der Waals surface area contributed by atoms with Crippen molar-refractivity contribution in [3.05, 3.63) is 36.5 Å². The molecule has 0 aliphatic carbocycles. The second kappa shape index (κ2) is 8.85. The van der Waals surface area contributed by atoms with E-state index in [1.165, 1.54) is 0 Å². The van der Waals surface area contributed by atoms with Crippen LogP contribution in [0, 0.1) is 0 Å². The Morgan fingerprint density at radius 3 is 2.62 bits per heavy atom. The third-order valence-electron chi connectivity index (χ3n) is 1.73. The van der Waals surface area contributed by atoms with E-state index in [0.29, 0.717) is 11.5 Å². The summed E-state index contributed by atoms with van der Waals surface area (Å²) in [7, 11) is 0. The third kappa shape index (κ3) is 6.14. The van der Waals surface area contributed by atoms with E-state index < -0.39 is 0 Å². The van der Waals surface area contributed by atoms with E-state index in [-0.39, 0.29) is 12.5 Å². The van der Waals surface area contributed by atoms with Crippen molar-refractivity contribution in [1.82, 2.24) is 10.6 Å². The molecule has 16 heavy (non-hydrogen) atoms. The van der Waals surface area contributed by atoms with Gasteiger partial charge in [-0.1, -0.05) is 43.1 Å². The summed E-state index contributed by atoms with van der Waals surface area (Å²) in [4.78, 5) is 11.7. The van der Waals surface area contributed by atoms with Gasteiger partial charge < -0.3 is 10.6 Å². The van der Waals surface area contributed by atoms with Gasteiger partial charge in [0.05, 0.1) is 6.54 Å². The van der Waals surface area contributed by atoms with Gasteiger partial charge >= 0.3 is 0 Å². The quantitative estimate of drug-likeness (QED) is 0.420. The number of nitrogens with one attached hydrogen (secondary N) is 2. The van der Waals surface area contributed by atoms with E-state index in [1.807, 2.05) is 32.1 Å². The van der Waals surface area contributed by atoms with Gasteiger partial charge in [-0.05, 0) is 13.8 Å². The van der Waals surface area contributed by atoms with Crippen molar-refractivity contribution in [2.24, 2.45) is 0 Å². The molecule has 0 saturated heterocycles. The molecule has 0 radical (unpaired) electrons. The first-order valence-corrected chi connectivity index (χ1v) is 5.56. The molecule has 0 aliphatic rings. The minimum Gasteiger partial charge on any atom is -0.367 e. The van der Waals surface area contributed by atoms with Crippen LogP contribution in [0.4, 0.5) is 0 Å². The summed E-state index contributed by atoms with van der Waals surface area (Å²) in [5.74, 6) is -0.0701. The molecule has 0 fully saturated rings. The summed E-state index contributed by atoms with van der Waals surface area (Å²) in [6.45, 7) is 8.27. The van der Waals surface area contributed by atoms with Gasteiger partial charge in [0.25, 0.3) is 0 Å². The molecule has 88 valence electrons. The van der Waals surface area contributed by atoms with Crippen LogP contribution in [0.15, 0.2) is 36.5 Å². The fourth-order valence-electron chi connectivity index (χ4n) is 0.959. The van der Waals surface area contributed by atoms with Crippen LogP contribution in [0.25, 0.3) is 0 Å². The molecule has 1 amide bonds. The summed E-state index contributed by atoms with van der Waals surface area (Å²) in [6, 6.07) is 0. The van der Waals surface area contributed by atoms with Gasteiger partial charge in [-0.15, -0.1) is 0 Å². The first kappa shape index (κ1) is 14.6. The maximum atomic E-state index is 11.2. The molecule has 0 saturated carbocycles. The normalized spacial score (nSPS) is 11.2. The van der Waals surface area contributed by atoms with E-state index >= 15 is 0 Å². The molecular formula is C12H18N2OS. The Kier molecular flexibility index (Phi) is 8.07. The number of hydrogen-bond donors (Lipinski definition) is 2. The highest BCUT2D eigenvalue weighted by Gasteiger charge is 2.03. The highest BCUT2D eigenvalue weighted by atomic mass is 32.1. The number of carbonyl (C=O) groups is 1. The van der Waals surface area contributed by atoms with E-state index in [0.717, 1.165) is 5.57 Å². The average Bonchev–Trinajstić information content (AvgIpc) is 2.28. The monoisotopic (exact) mass is 238 g/mol. The molecule has 0 aromatic carbocycles. The molecule has 4 heteroatoms. The molecular weight excluding hydrogens is 220 g/mol. The minimum absolute atomic E-state index is 0.0701. The van der Waals surface area contributed by atoms with Gasteiger partial charge in [-0.2, -0.15) is 0 Å². The smallest absolute Gasteiger partial charge is 0.239 e. The summed E-state index contributed by atoms with van der Waals surface area (Å²) in [5.41, 5.74) is 0.803. The van der Waals surface area contributed by atoms with Crippen LogP contribution in [0.1, 0.15) is 13.8 Å². The zero-order valence-electron chi connectivity index (χ0n) is 9.75. The Bertz CT molecular complexity index is 319. The van der Waals surface area contributed by atoms with Crippen molar-refractivity contribution in [2.75, 3.05) is 13.1 Å². The van der Waals surface area contributed by atoms with Crippen LogP contribution in [-0.2, 0) is 4.79 Å². The Hall–Kier alpha value is -1.42. The summed E-state index contributed by atoms with van der Waals surface area (Å²) in [5, 5.41) is 5.55. The SMILES string of the molecule is C=C/C(=C\C=C/C)C(=S)NCC(=O)NCC. The van der Waals surface area contributed by atoms with Crippen molar-refractivity contribution in [2.45, 2.75) is 13.8 Å². The molecule has 2 N–H and O–H groups in total. The Morgan fingerprint density at radius 1 is 1.44 bits per heavy atom. The molecule has 3 nitrogen and oxygen atoms in total. The van der Waals surface area contributed by atoms with Crippen LogP contribution in [0.5, 0.6) is 0 Å². The number of thiocarbonyl (C=S) groups is 1. The average molecular weight is 238 g/mol. The molecule has 0 aromatic rings. The zero-order chi connectivity index (χ0) is 12.4. The van der Waals surface area contributed by atoms with Gasteiger partial charge in [0.1, 0.15) is 4.99 Å². The van der Waals surface area contributed by atoms with Crippen molar-refractivity contribution in [3.63, 3.8) is 0 Å². The number of likely N-dealkylation sites (N-methyl/N-ethyl adjacent to an activating group) is 1. The van der Waals surface area contributed by atoms with E-state index in [2.05, 4.69) is 17.2 Å². The number of hydrogen-bond acceptors (Lipinski definition) is 2. The Labute approximate surface area is 102 Å². The molecule has 0 aromatic heterocycles. The summed E-state index contributed by atoms with van der Waals surface area (Å²) >= 11 is 5.13. The Balaban J connectivity index is 4.23. The third-order valence-corrected chi connectivity index (χ3v) is 2.11. The zero-order valence-corrected chi connectivity index (χ0v) is 10.6. The van der Waals surface area contributed by atoms with Crippen LogP contribution in [-0.4, -0.2) is 24.0 Å². The van der Waals surface area contributed by atoms with Gasteiger partial charge in [0.15, 0.2) is 0 Å². The van der Waals surface area contributed by atoms with Crippen molar-refractivity contribution < 1.29 is 4.79 Å². The topological polar surface area (TPSA) is 41.1 Å². The van der Waals surface area contributed by atoms with Crippen molar-refractivity contribution >= 4 is 23.1 Å². The lowest BCUT2D eigenvalue weighted by molar-refractivity contribution is -0.119. The van der Waals surface area contributed by atoms with E-state index in [4.69, 9.17) is 12.2 Å². The lowest BCUT2D eigenvalue weighted by Gasteiger charge is -2.07. The molecule has 0 unspecified atom stereocenters. The number of allylic oxidation sites excluding steroid dienone is 3. The predicted molar refractivity (Wildman–Crippen MR) is 72.4 cm³/mol. The highest BCUT2D eigenvalue weighted by Crippen LogP contribution is 1.98. The van der Waals surface area contributed by atoms with Crippen molar-refractivity contribution in [3.8, 4) is 0 Å². The summed E-state index contributed by atoms with van der Waals surface area (Å²) < 4.78 is 0. The molecule has 0 rings (SSSR count). The second-order valence-corrected chi connectivity index (χ2v) is 3.40. The van der Waals surface area contributed by atoms with Gasteiger partial charge in [0.2, 0.25) is 5.91 Å².